The first-order valence-electron chi connectivity index (χ1n) is 5.85. The molecule has 0 atom stereocenters. The number of rotatable bonds is 3. The first-order valence-corrected chi connectivity index (χ1v) is 7.37. The van der Waals surface area contributed by atoms with Gasteiger partial charge in [-0.3, -0.25) is 4.90 Å². The number of likely N-dealkylation sites (tertiary alicyclic amines) is 1. The Kier molecular flexibility index (Phi) is 5.18. The molecule has 0 amide bonds. The van der Waals surface area contributed by atoms with Crippen LogP contribution in [-0.4, -0.2) is 28.0 Å². The minimum absolute atomic E-state index is 0.383. The van der Waals surface area contributed by atoms with Gasteiger partial charge in [-0.2, -0.15) is 0 Å². The Morgan fingerprint density at radius 3 is 2.21 bits per heavy atom. The highest BCUT2D eigenvalue weighted by molar-refractivity contribution is 14.1. The first kappa shape index (κ1) is 12.8. The summed E-state index contributed by atoms with van der Waals surface area (Å²) in [5.41, 5.74) is 0.383. The Labute approximate surface area is 103 Å². The second-order valence-electron chi connectivity index (χ2n) is 5.43. The van der Waals surface area contributed by atoms with E-state index in [9.17, 15) is 0 Å². The molecule has 84 valence electrons. The summed E-state index contributed by atoms with van der Waals surface area (Å²) in [6.07, 6.45) is 5.73. The summed E-state index contributed by atoms with van der Waals surface area (Å²) in [4.78, 5) is 2.63. The van der Waals surface area contributed by atoms with E-state index >= 15 is 0 Å². The third-order valence-corrected chi connectivity index (χ3v) is 4.07. The van der Waals surface area contributed by atoms with Gasteiger partial charge in [0.15, 0.2) is 0 Å². The number of hydrogen-bond donors (Lipinski definition) is 0. The summed E-state index contributed by atoms with van der Waals surface area (Å²) >= 11 is 2.49. The van der Waals surface area contributed by atoms with E-state index in [1.54, 1.807) is 0 Å². The second kappa shape index (κ2) is 5.69. The van der Waals surface area contributed by atoms with Crippen LogP contribution < -0.4 is 0 Å². The standard InChI is InChI=1S/C12H24IN/c1-12(2,3)14-9-6-11(7-10-14)5-4-8-13/h11H,4-10H2,1-3H3. The summed E-state index contributed by atoms with van der Waals surface area (Å²) in [6.45, 7) is 9.62. The van der Waals surface area contributed by atoms with E-state index in [-0.39, 0.29) is 0 Å². The second-order valence-corrected chi connectivity index (χ2v) is 6.51. The lowest BCUT2D eigenvalue weighted by atomic mass is 9.90. The lowest BCUT2D eigenvalue weighted by Gasteiger charge is -2.41. The van der Waals surface area contributed by atoms with Gasteiger partial charge in [-0.25, -0.2) is 0 Å². The normalized spacial score (nSPS) is 21.4. The quantitative estimate of drug-likeness (QED) is 0.567. The van der Waals surface area contributed by atoms with Crippen molar-refractivity contribution < 1.29 is 0 Å². The maximum atomic E-state index is 2.63. The first-order chi connectivity index (χ1) is 6.54. The van der Waals surface area contributed by atoms with Crippen LogP contribution in [0.15, 0.2) is 0 Å². The van der Waals surface area contributed by atoms with Crippen molar-refractivity contribution in [3.8, 4) is 0 Å². The van der Waals surface area contributed by atoms with Gasteiger partial charge in [-0.05, 0) is 69.9 Å². The van der Waals surface area contributed by atoms with Crippen LogP contribution in [0.5, 0.6) is 0 Å². The van der Waals surface area contributed by atoms with Crippen molar-refractivity contribution >= 4 is 22.6 Å². The van der Waals surface area contributed by atoms with E-state index in [0.29, 0.717) is 5.54 Å². The number of alkyl halides is 1. The summed E-state index contributed by atoms with van der Waals surface area (Å²) in [7, 11) is 0. The van der Waals surface area contributed by atoms with Gasteiger partial charge >= 0.3 is 0 Å². The molecule has 0 aliphatic carbocycles. The van der Waals surface area contributed by atoms with Crippen LogP contribution in [-0.2, 0) is 0 Å². The molecule has 1 saturated heterocycles. The fourth-order valence-electron chi connectivity index (χ4n) is 2.26. The van der Waals surface area contributed by atoms with Gasteiger partial charge in [-0.1, -0.05) is 22.6 Å². The molecule has 0 bridgehead atoms. The summed E-state index contributed by atoms with van der Waals surface area (Å²) < 4.78 is 1.33. The van der Waals surface area contributed by atoms with Gasteiger partial charge in [0.25, 0.3) is 0 Å². The highest BCUT2D eigenvalue weighted by Gasteiger charge is 2.26. The Morgan fingerprint density at radius 2 is 1.79 bits per heavy atom. The summed E-state index contributed by atoms with van der Waals surface area (Å²) in [6, 6.07) is 0. The molecule has 2 heteroatoms. The van der Waals surface area contributed by atoms with E-state index in [1.165, 1.54) is 43.2 Å². The van der Waals surface area contributed by atoms with E-state index in [2.05, 4.69) is 48.3 Å². The molecule has 1 heterocycles. The molecule has 1 rings (SSSR count). The minimum atomic E-state index is 0.383. The Hall–Kier alpha value is 0.690. The van der Waals surface area contributed by atoms with Crippen molar-refractivity contribution in [3.63, 3.8) is 0 Å². The van der Waals surface area contributed by atoms with Gasteiger partial charge in [0.1, 0.15) is 0 Å². The van der Waals surface area contributed by atoms with Crippen LogP contribution in [0.3, 0.4) is 0 Å². The van der Waals surface area contributed by atoms with Crippen LogP contribution >= 0.6 is 22.6 Å². The van der Waals surface area contributed by atoms with E-state index < -0.39 is 0 Å². The molecule has 0 saturated carbocycles. The predicted molar refractivity (Wildman–Crippen MR) is 72.2 cm³/mol. The van der Waals surface area contributed by atoms with Crippen LogP contribution in [0, 0.1) is 5.92 Å². The predicted octanol–water partition coefficient (Wildman–Crippen LogP) is 3.71. The van der Waals surface area contributed by atoms with E-state index in [4.69, 9.17) is 0 Å². The average molecular weight is 309 g/mol. The van der Waals surface area contributed by atoms with Gasteiger partial charge in [0.2, 0.25) is 0 Å². The van der Waals surface area contributed by atoms with Crippen molar-refractivity contribution in [3.05, 3.63) is 0 Å². The maximum Gasteiger partial charge on any atom is 0.0125 e. The SMILES string of the molecule is CC(C)(C)N1CCC(CCCI)CC1. The Morgan fingerprint density at radius 1 is 1.21 bits per heavy atom. The largest absolute Gasteiger partial charge is 0.298 e. The molecule has 14 heavy (non-hydrogen) atoms. The molecular formula is C12H24IN. The lowest BCUT2D eigenvalue weighted by molar-refractivity contribution is 0.0853. The van der Waals surface area contributed by atoms with Crippen molar-refractivity contribution in [1.82, 2.24) is 4.90 Å². The molecule has 0 N–H and O–H groups in total. The number of hydrogen-bond acceptors (Lipinski definition) is 1. The molecule has 0 radical (unpaired) electrons. The molecule has 1 fully saturated rings. The Bertz CT molecular complexity index is 154. The van der Waals surface area contributed by atoms with Gasteiger partial charge in [-0.15, -0.1) is 0 Å². The monoisotopic (exact) mass is 309 g/mol. The average Bonchev–Trinajstić information content (AvgIpc) is 2.14. The van der Waals surface area contributed by atoms with Gasteiger partial charge in [0, 0.05) is 5.54 Å². The van der Waals surface area contributed by atoms with Gasteiger partial charge < -0.3 is 0 Å². The van der Waals surface area contributed by atoms with E-state index in [1.807, 2.05) is 0 Å². The molecule has 0 aromatic carbocycles. The summed E-state index contributed by atoms with van der Waals surface area (Å²) in [5, 5.41) is 0. The zero-order valence-corrected chi connectivity index (χ0v) is 12.0. The Balaban J connectivity index is 2.24. The highest BCUT2D eigenvalue weighted by atomic mass is 127. The van der Waals surface area contributed by atoms with Crippen molar-refractivity contribution in [2.75, 3.05) is 17.5 Å². The molecule has 1 aliphatic rings. The van der Waals surface area contributed by atoms with Crippen molar-refractivity contribution in [2.24, 2.45) is 5.92 Å². The zero-order chi connectivity index (χ0) is 10.6. The third-order valence-electron chi connectivity index (χ3n) is 3.31. The third kappa shape index (κ3) is 4.05. The van der Waals surface area contributed by atoms with Crippen LogP contribution in [0.1, 0.15) is 46.5 Å². The number of nitrogens with zero attached hydrogens (tertiary/aromatic N) is 1. The van der Waals surface area contributed by atoms with Gasteiger partial charge in [0.05, 0.1) is 0 Å². The molecule has 1 aliphatic heterocycles. The fraction of sp³-hybridized carbons (Fsp3) is 1.00. The van der Waals surface area contributed by atoms with Crippen LogP contribution in [0.25, 0.3) is 0 Å². The highest BCUT2D eigenvalue weighted by Crippen LogP contribution is 2.26. The topological polar surface area (TPSA) is 3.24 Å². The molecule has 0 spiro atoms. The lowest BCUT2D eigenvalue weighted by Crippen LogP contribution is -2.46. The maximum absolute atomic E-state index is 2.63. The van der Waals surface area contributed by atoms with E-state index in [0.717, 1.165) is 5.92 Å². The van der Waals surface area contributed by atoms with Crippen LogP contribution in [0.4, 0.5) is 0 Å². The number of piperidine rings is 1. The molecule has 0 aromatic heterocycles. The zero-order valence-electron chi connectivity index (χ0n) is 9.85. The summed E-state index contributed by atoms with van der Waals surface area (Å²) in [5.74, 6) is 1.02. The number of halogens is 1. The molecule has 0 unspecified atom stereocenters. The molecule has 1 nitrogen and oxygen atoms in total. The van der Waals surface area contributed by atoms with Crippen LogP contribution in [0.2, 0.25) is 0 Å². The fourth-order valence-corrected chi connectivity index (χ4v) is 2.70. The molecule has 0 aromatic rings. The minimum Gasteiger partial charge on any atom is -0.298 e. The molecular weight excluding hydrogens is 285 g/mol. The van der Waals surface area contributed by atoms with Crippen molar-refractivity contribution in [2.45, 2.75) is 52.0 Å². The smallest absolute Gasteiger partial charge is 0.0125 e. The van der Waals surface area contributed by atoms with Crippen molar-refractivity contribution in [1.29, 1.82) is 0 Å².